The Bertz CT molecular complexity index is 892. The molecule has 2 aliphatic rings. The van der Waals surface area contributed by atoms with Crippen molar-refractivity contribution in [3.63, 3.8) is 0 Å². The number of rotatable bonds is 3. The summed E-state index contributed by atoms with van der Waals surface area (Å²) in [5, 5.41) is 0.877. The highest BCUT2D eigenvalue weighted by molar-refractivity contribution is 5.99. The SMILES string of the molecule is Cc1c(C(=O)NNC(=O)C2CCN(C(=O)C3CC3)CC2)oc2ccccc12. The van der Waals surface area contributed by atoms with Crippen LogP contribution in [-0.2, 0) is 9.59 Å². The van der Waals surface area contributed by atoms with E-state index in [0.717, 1.165) is 23.8 Å². The fraction of sp³-hybridized carbons (Fsp3) is 0.450. The molecule has 1 aromatic heterocycles. The van der Waals surface area contributed by atoms with Gasteiger partial charge in [0.1, 0.15) is 5.58 Å². The highest BCUT2D eigenvalue weighted by Crippen LogP contribution is 2.32. The maximum atomic E-state index is 12.4. The Labute approximate surface area is 157 Å². The third kappa shape index (κ3) is 3.54. The van der Waals surface area contributed by atoms with Gasteiger partial charge < -0.3 is 9.32 Å². The van der Waals surface area contributed by atoms with Gasteiger partial charge in [-0.1, -0.05) is 18.2 Å². The predicted molar refractivity (Wildman–Crippen MR) is 98.6 cm³/mol. The molecular weight excluding hydrogens is 346 g/mol. The van der Waals surface area contributed by atoms with E-state index in [0.29, 0.717) is 31.5 Å². The lowest BCUT2D eigenvalue weighted by Gasteiger charge is -2.31. The normalized spacial score (nSPS) is 17.7. The van der Waals surface area contributed by atoms with Crippen LogP contribution in [0.4, 0.5) is 0 Å². The molecule has 1 aliphatic carbocycles. The van der Waals surface area contributed by atoms with Gasteiger partial charge in [-0.25, -0.2) is 0 Å². The lowest BCUT2D eigenvalue weighted by molar-refractivity contribution is -0.136. The molecule has 7 nitrogen and oxygen atoms in total. The number of likely N-dealkylation sites (tertiary alicyclic amines) is 1. The van der Waals surface area contributed by atoms with E-state index in [1.165, 1.54) is 0 Å². The Hall–Kier alpha value is -2.83. The molecule has 1 saturated carbocycles. The van der Waals surface area contributed by atoms with Gasteiger partial charge in [-0.05, 0) is 38.7 Å². The van der Waals surface area contributed by atoms with Gasteiger partial charge in [-0.15, -0.1) is 0 Å². The Balaban J connectivity index is 1.30. The zero-order chi connectivity index (χ0) is 19.0. The number of hydrogen-bond donors (Lipinski definition) is 2. The van der Waals surface area contributed by atoms with Crippen LogP contribution in [0, 0.1) is 18.8 Å². The Morgan fingerprint density at radius 2 is 1.70 bits per heavy atom. The number of para-hydroxylation sites is 1. The average molecular weight is 369 g/mol. The third-order valence-electron chi connectivity index (χ3n) is 5.45. The molecule has 0 atom stereocenters. The summed E-state index contributed by atoms with van der Waals surface area (Å²) in [7, 11) is 0. The molecule has 2 N–H and O–H groups in total. The first kappa shape index (κ1) is 17.6. The van der Waals surface area contributed by atoms with Crippen LogP contribution in [0.25, 0.3) is 11.0 Å². The Morgan fingerprint density at radius 3 is 2.37 bits per heavy atom. The van der Waals surface area contributed by atoms with Gasteiger partial charge in [0.2, 0.25) is 11.8 Å². The van der Waals surface area contributed by atoms with Crippen LogP contribution in [0.2, 0.25) is 0 Å². The van der Waals surface area contributed by atoms with E-state index in [4.69, 9.17) is 4.42 Å². The number of hydrogen-bond acceptors (Lipinski definition) is 4. The van der Waals surface area contributed by atoms with Crippen LogP contribution >= 0.6 is 0 Å². The largest absolute Gasteiger partial charge is 0.451 e. The topological polar surface area (TPSA) is 91.7 Å². The summed E-state index contributed by atoms with van der Waals surface area (Å²) in [6, 6.07) is 7.42. The summed E-state index contributed by atoms with van der Waals surface area (Å²) in [6.07, 6.45) is 3.21. The fourth-order valence-corrected chi connectivity index (χ4v) is 3.62. The summed E-state index contributed by atoms with van der Waals surface area (Å²) in [5.41, 5.74) is 6.32. The van der Waals surface area contributed by atoms with Crippen molar-refractivity contribution in [2.45, 2.75) is 32.6 Å². The fourth-order valence-electron chi connectivity index (χ4n) is 3.62. The molecule has 1 aromatic carbocycles. The van der Waals surface area contributed by atoms with Crippen molar-refractivity contribution in [1.29, 1.82) is 0 Å². The highest BCUT2D eigenvalue weighted by atomic mass is 16.3. The first-order valence-electron chi connectivity index (χ1n) is 9.41. The third-order valence-corrected chi connectivity index (χ3v) is 5.45. The molecule has 4 rings (SSSR count). The van der Waals surface area contributed by atoms with Gasteiger partial charge in [0.05, 0.1) is 0 Å². The number of nitrogens with one attached hydrogen (secondary N) is 2. The van der Waals surface area contributed by atoms with Crippen molar-refractivity contribution in [2.75, 3.05) is 13.1 Å². The lowest BCUT2D eigenvalue weighted by Crippen LogP contribution is -2.48. The zero-order valence-electron chi connectivity index (χ0n) is 15.3. The van der Waals surface area contributed by atoms with Crippen molar-refractivity contribution in [2.24, 2.45) is 11.8 Å². The van der Waals surface area contributed by atoms with Crippen molar-refractivity contribution >= 4 is 28.7 Å². The van der Waals surface area contributed by atoms with Gasteiger partial charge in [0.25, 0.3) is 0 Å². The summed E-state index contributed by atoms with van der Waals surface area (Å²) in [4.78, 5) is 38.7. The van der Waals surface area contributed by atoms with E-state index < -0.39 is 5.91 Å². The van der Waals surface area contributed by atoms with E-state index in [1.54, 1.807) is 6.07 Å². The van der Waals surface area contributed by atoms with Crippen molar-refractivity contribution < 1.29 is 18.8 Å². The number of furan rings is 1. The van der Waals surface area contributed by atoms with Crippen LogP contribution in [-0.4, -0.2) is 35.7 Å². The number of carbonyl (C=O) groups is 3. The number of carbonyl (C=O) groups excluding carboxylic acids is 3. The first-order chi connectivity index (χ1) is 13.0. The Morgan fingerprint density at radius 1 is 1.00 bits per heavy atom. The number of nitrogens with zero attached hydrogens (tertiary/aromatic N) is 1. The van der Waals surface area contributed by atoms with Crippen LogP contribution in [0.15, 0.2) is 28.7 Å². The standard InChI is InChI=1S/C20H23N3O4/c1-12-15-4-2-3-5-16(15)27-17(12)19(25)22-21-18(24)13-8-10-23(11-9-13)20(26)14-6-7-14/h2-5,13-14H,6-11H2,1H3,(H,21,24)(H,22,25). The number of amides is 3. The van der Waals surface area contributed by atoms with E-state index >= 15 is 0 Å². The van der Waals surface area contributed by atoms with Gasteiger partial charge in [0.15, 0.2) is 5.76 Å². The van der Waals surface area contributed by atoms with Crippen molar-refractivity contribution in [3.8, 4) is 0 Å². The summed E-state index contributed by atoms with van der Waals surface area (Å²) < 4.78 is 5.60. The van der Waals surface area contributed by atoms with Gasteiger partial charge in [0, 0.05) is 35.9 Å². The molecule has 27 heavy (non-hydrogen) atoms. The number of hydrazine groups is 1. The monoisotopic (exact) mass is 369 g/mol. The molecule has 2 heterocycles. The van der Waals surface area contributed by atoms with E-state index in [1.807, 2.05) is 30.0 Å². The summed E-state index contributed by atoms with van der Waals surface area (Å²) in [5.74, 6) is -0.273. The second-order valence-electron chi connectivity index (χ2n) is 7.37. The number of piperidine rings is 1. The van der Waals surface area contributed by atoms with Crippen LogP contribution < -0.4 is 10.9 Å². The minimum atomic E-state index is -0.474. The molecule has 0 bridgehead atoms. The molecule has 1 saturated heterocycles. The minimum Gasteiger partial charge on any atom is -0.451 e. The average Bonchev–Trinajstić information content (AvgIpc) is 3.49. The van der Waals surface area contributed by atoms with Gasteiger partial charge >= 0.3 is 5.91 Å². The van der Waals surface area contributed by atoms with Gasteiger partial charge in [-0.3, -0.25) is 25.2 Å². The number of benzene rings is 1. The number of aryl methyl sites for hydroxylation is 1. The number of fused-ring (bicyclic) bond motifs is 1. The maximum absolute atomic E-state index is 12.4. The molecule has 142 valence electrons. The lowest BCUT2D eigenvalue weighted by atomic mass is 9.96. The quantitative estimate of drug-likeness (QED) is 0.811. The van der Waals surface area contributed by atoms with E-state index in [-0.39, 0.29) is 29.4 Å². The zero-order valence-corrected chi connectivity index (χ0v) is 15.3. The van der Waals surface area contributed by atoms with Crippen LogP contribution in [0.3, 0.4) is 0 Å². The first-order valence-corrected chi connectivity index (χ1v) is 9.41. The van der Waals surface area contributed by atoms with E-state index in [2.05, 4.69) is 10.9 Å². The molecular formula is C20H23N3O4. The summed E-state index contributed by atoms with van der Waals surface area (Å²) in [6.45, 7) is 3.02. The molecule has 1 aliphatic heterocycles. The molecule has 3 amide bonds. The summed E-state index contributed by atoms with van der Waals surface area (Å²) >= 11 is 0. The molecule has 2 aromatic rings. The van der Waals surface area contributed by atoms with E-state index in [9.17, 15) is 14.4 Å². The second-order valence-corrected chi connectivity index (χ2v) is 7.37. The Kier molecular flexibility index (Phi) is 4.59. The molecule has 7 heteroatoms. The van der Waals surface area contributed by atoms with Gasteiger partial charge in [-0.2, -0.15) is 0 Å². The maximum Gasteiger partial charge on any atom is 0.305 e. The van der Waals surface area contributed by atoms with Crippen LogP contribution in [0.5, 0.6) is 0 Å². The van der Waals surface area contributed by atoms with Crippen LogP contribution in [0.1, 0.15) is 41.8 Å². The molecule has 0 unspecified atom stereocenters. The minimum absolute atomic E-state index is 0.196. The smallest absolute Gasteiger partial charge is 0.305 e. The molecule has 2 fully saturated rings. The predicted octanol–water partition coefficient (Wildman–Crippen LogP) is 2.15. The van der Waals surface area contributed by atoms with Crippen molar-refractivity contribution in [1.82, 2.24) is 15.8 Å². The van der Waals surface area contributed by atoms with Crippen molar-refractivity contribution in [3.05, 3.63) is 35.6 Å². The highest BCUT2D eigenvalue weighted by Gasteiger charge is 2.36. The second kappa shape index (κ2) is 7.06. The molecule has 0 spiro atoms. The molecule has 0 radical (unpaired) electrons.